The molecule has 0 aliphatic heterocycles. The van der Waals surface area contributed by atoms with Crippen molar-refractivity contribution >= 4 is 17.8 Å². The first-order valence-electron chi connectivity index (χ1n) is 3.30. The van der Waals surface area contributed by atoms with Crippen molar-refractivity contribution < 1.29 is 0 Å². The number of hydrogen-bond acceptors (Lipinski definition) is 3. The number of hydrogen-bond donors (Lipinski definition) is 4. The van der Waals surface area contributed by atoms with Crippen LogP contribution in [0, 0.1) is 16.2 Å². The quantitative estimate of drug-likeness (QED) is 0.353. The summed E-state index contributed by atoms with van der Waals surface area (Å²) in [5.74, 6) is 0.0187. The van der Waals surface area contributed by atoms with Crippen LogP contribution in [-0.2, 0) is 0 Å². The largest absolute Gasteiger partial charge is 0.346 e. The molecule has 4 N–H and O–H groups in total. The molecule has 4 nitrogen and oxygen atoms in total. The van der Waals surface area contributed by atoms with Gasteiger partial charge in [-0.3, -0.25) is 5.41 Å². The molecule has 0 aliphatic carbocycles. The zero-order valence-corrected chi connectivity index (χ0v) is 6.44. The van der Waals surface area contributed by atoms with E-state index in [0.717, 1.165) is 6.21 Å². The van der Waals surface area contributed by atoms with E-state index in [-0.39, 0.29) is 5.84 Å². The van der Waals surface area contributed by atoms with Crippen LogP contribution in [0.2, 0.25) is 0 Å². The van der Waals surface area contributed by atoms with E-state index in [0.29, 0.717) is 12.1 Å². The third-order valence-corrected chi connectivity index (χ3v) is 1.05. The molecule has 0 aromatic carbocycles. The molecule has 0 saturated heterocycles. The van der Waals surface area contributed by atoms with E-state index in [1.807, 2.05) is 6.92 Å². The molecular weight excluding hydrogens is 140 g/mol. The third kappa shape index (κ3) is 5.02. The van der Waals surface area contributed by atoms with Crippen molar-refractivity contribution in [2.24, 2.45) is 0 Å². The number of rotatable bonds is 4. The van der Waals surface area contributed by atoms with E-state index in [2.05, 4.69) is 5.32 Å². The van der Waals surface area contributed by atoms with Gasteiger partial charge in [-0.2, -0.15) is 0 Å². The van der Waals surface area contributed by atoms with Gasteiger partial charge in [0.2, 0.25) is 0 Å². The Bertz CT molecular complexity index is 193. The van der Waals surface area contributed by atoms with Gasteiger partial charge < -0.3 is 16.1 Å². The lowest BCUT2D eigenvalue weighted by Crippen LogP contribution is -2.16. The lowest BCUT2D eigenvalue weighted by Gasteiger charge is -1.93. The van der Waals surface area contributed by atoms with Crippen molar-refractivity contribution in [1.82, 2.24) is 5.32 Å². The molecule has 4 heteroatoms. The second-order valence-electron chi connectivity index (χ2n) is 1.91. The third-order valence-electron chi connectivity index (χ3n) is 1.05. The zero-order chi connectivity index (χ0) is 8.69. The maximum atomic E-state index is 7.18. The first kappa shape index (κ1) is 9.55. The Morgan fingerprint density at radius 3 is 2.55 bits per heavy atom. The molecule has 0 saturated carbocycles. The van der Waals surface area contributed by atoms with E-state index < -0.39 is 0 Å². The van der Waals surface area contributed by atoms with Crippen molar-refractivity contribution in [2.75, 3.05) is 0 Å². The Kier molecular flexibility index (Phi) is 4.64. The van der Waals surface area contributed by atoms with Gasteiger partial charge in [-0.1, -0.05) is 6.92 Å². The van der Waals surface area contributed by atoms with Crippen LogP contribution in [0.5, 0.6) is 0 Å². The van der Waals surface area contributed by atoms with E-state index in [1.165, 1.54) is 6.20 Å². The van der Waals surface area contributed by atoms with Crippen LogP contribution < -0.4 is 5.32 Å². The molecule has 0 fully saturated rings. The summed E-state index contributed by atoms with van der Waals surface area (Å²) in [6.07, 6.45) is 4.63. The van der Waals surface area contributed by atoms with Gasteiger partial charge >= 0.3 is 0 Å². The fourth-order valence-electron chi connectivity index (χ4n) is 0.392. The smallest absolute Gasteiger partial charge is 0.140 e. The Hall–Kier alpha value is -1.45. The molecule has 0 aromatic rings. The van der Waals surface area contributed by atoms with Crippen molar-refractivity contribution in [3.63, 3.8) is 0 Å². The molecule has 0 aliphatic rings. The fourth-order valence-corrected chi connectivity index (χ4v) is 0.392. The SMILES string of the molecule is CCC(=N)/C=C\NC(=N)C=N. The highest BCUT2D eigenvalue weighted by atomic mass is 14.9. The first-order chi connectivity index (χ1) is 5.20. The highest BCUT2D eigenvalue weighted by molar-refractivity contribution is 6.26. The van der Waals surface area contributed by atoms with Crippen LogP contribution in [0.25, 0.3) is 0 Å². The van der Waals surface area contributed by atoms with Gasteiger partial charge in [0.05, 0.1) is 6.21 Å². The van der Waals surface area contributed by atoms with Crippen LogP contribution in [0.4, 0.5) is 0 Å². The van der Waals surface area contributed by atoms with Crippen molar-refractivity contribution in [3.8, 4) is 0 Å². The topological polar surface area (TPSA) is 83.6 Å². The van der Waals surface area contributed by atoms with Crippen LogP contribution in [0.1, 0.15) is 13.3 Å². The number of amidine groups is 1. The van der Waals surface area contributed by atoms with Crippen molar-refractivity contribution in [2.45, 2.75) is 13.3 Å². The summed E-state index contributed by atoms with van der Waals surface area (Å²) in [6, 6.07) is 0. The minimum Gasteiger partial charge on any atom is -0.346 e. The molecule has 60 valence electrons. The Morgan fingerprint density at radius 1 is 1.45 bits per heavy atom. The maximum Gasteiger partial charge on any atom is 0.140 e. The van der Waals surface area contributed by atoms with Gasteiger partial charge in [-0.25, -0.2) is 0 Å². The summed E-state index contributed by atoms with van der Waals surface area (Å²) in [7, 11) is 0. The molecule has 0 spiro atoms. The molecule has 0 aromatic heterocycles. The van der Waals surface area contributed by atoms with Crippen molar-refractivity contribution in [1.29, 1.82) is 16.2 Å². The molecule has 0 unspecified atom stereocenters. The monoisotopic (exact) mass is 152 g/mol. The number of nitrogens with one attached hydrogen (secondary N) is 4. The van der Waals surface area contributed by atoms with Gasteiger partial charge in [0.1, 0.15) is 5.84 Å². The summed E-state index contributed by atoms with van der Waals surface area (Å²) in [6.45, 7) is 1.88. The predicted octanol–water partition coefficient (Wildman–Crippen LogP) is 1.15. The van der Waals surface area contributed by atoms with E-state index >= 15 is 0 Å². The van der Waals surface area contributed by atoms with E-state index in [9.17, 15) is 0 Å². The Morgan fingerprint density at radius 2 is 2.09 bits per heavy atom. The van der Waals surface area contributed by atoms with Crippen molar-refractivity contribution in [3.05, 3.63) is 12.3 Å². The summed E-state index contributed by atoms with van der Waals surface area (Å²) in [5.41, 5.74) is 0.496. The second-order valence-corrected chi connectivity index (χ2v) is 1.91. The van der Waals surface area contributed by atoms with Crippen LogP contribution in [0.3, 0.4) is 0 Å². The summed E-state index contributed by atoms with van der Waals surface area (Å²) >= 11 is 0. The van der Waals surface area contributed by atoms with Gasteiger partial charge in [-0.05, 0) is 12.5 Å². The average Bonchev–Trinajstić information content (AvgIpc) is 2.04. The minimum absolute atomic E-state index is 0.0187. The highest BCUT2D eigenvalue weighted by Gasteiger charge is 1.84. The van der Waals surface area contributed by atoms with Crippen LogP contribution in [-0.4, -0.2) is 17.8 Å². The van der Waals surface area contributed by atoms with Gasteiger partial charge in [0.25, 0.3) is 0 Å². The highest BCUT2D eigenvalue weighted by Crippen LogP contribution is 1.81. The molecule has 0 rings (SSSR count). The van der Waals surface area contributed by atoms with Gasteiger partial charge in [0, 0.05) is 11.9 Å². The first-order valence-corrected chi connectivity index (χ1v) is 3.30. The molecule has 0 radical (unpaired) electrons. The van der Waals surface area contributed by atoms with Crippen LogP contribution >= 0.6 is 0 Å². The molecule has 0 heterocycles. The lowest BCUT2D eigenvalue weighted by molar-refractivity contribution is 1.23. The van der Waals surface area contributed by atoms with Crippen LogP contribution in [0.15, 0.2) is 12.3 Å². The molecule has 11 heavy (non-hydrogen) atoms. The molecular formula is C7H12N4. The molecule has 0 bridgehead atoms. The average molecular weight is 152 g/mol. The Balaban J connectivity index is 3.68. The number of allylic oxidation sites excluding steroid dienone is 1. The molecule has 0 amide bonds. The second kappa shape index (κ2) is 5.34. The standard InChI is InChI=1S/C7H12N4/c1-2-6(9)3-4-11-7(10)5-8/h3-5,8-9H,2H2,1H3,(H2,10,11)/b4-3-,8-5?,9-6?. The summed E-state index contributed by atoms with van der Waals surface area (Å²) < 4.78 is 0. The normalized spacial score (nSPS) is 9.55. The lowest BCUT2D eigenvalue weighted by atomic mass is 10.3. The maximum absolute atomic E-state index is 7.18. The fraction of sp³-hybridized carbons (Fsp3) is 0.286. The minimum atomic E-state index is 0.0187. The van der Waals surface area contributed by atoms with Gasteiger partial charge in [-0.15, -0.1) is 0 Å². The molecule has 0 atom stereocenters. The zero-order valence-electron chi connectivity index (χ0n) is 6.44. The van der Waals surface area contributed by atoms with E-state index in [4.69, 9.17) is 16.2 Å². The summed E-state index contributed by atoms with van der Waals surface area (Å²) in [5, 5.41) is 23.3. The van der Waals surface area contributed by atoms with Gasteiger partial charge in [0.15, 0.2) is 0 Å². The predicted molar refractivity (Wildman–Crippen MR) is 46.8 cm³/mol. The Labute approximate surface area is 65.8 Å². The van der Waals surface area contributed by atoms with E-state index in [1.54, 1.807) is 6.08 Å². The summed E-state index contributed by atoms with van der Waals surface area (Å²) in [4.78, 5) is 0.